The fourth-order valence-electron chi connectivity index (χ4n) is 2.80. The molecule has 0 atom stereocenters. The largest absolute Gasteiger partial charge is 0.416 e. The molecule has 1 heterocycles. The Labute approximate surface area is 158 Å². The molecule has 3 aromatic rings. The van der Waals surface area contributed by atoms with Crippen molar-refractivity contribution in [1.82, 2.24) is 9.13 Å². The number of nitrogens with zero attached hydrogens (tertiary/aromatic N) is 2. The Bertz CT molecular complexity index is 1240. The fraction of sp³-hybridized carbons (Fsp3) is 0.143. The van der Waals surface area contributed by atoms with Crippen molar-refractivity contribution in [2.24, 2.45) is 14.1 Å². The zero-order chi connectivity index (χ0) is 20.5. The SMILES string of the molecule is Cn1c(=O)/c(=C/c2ccc(C(F)(F)F)cc2)n(C)c(=O)/c1=C/c1ccccc1. The van der Waals surface area contributed by atoms with Gasteiger partial charge in [0, 0.05) is 14.1 Å². The van der Waals surface area contributed by atoms with Crippen LogP contribution < -0.4 is 21.8 Å². The third-order valence-corrected chi connectivity index (χ3v) is 4.41. The minimum absolute atomic E-state index is 0.0810. The van der Waals surface area contributed by atoms with Gasteiger partial charge in [-0.05, 0) is 35.4 Å². The minimum Gasteiger partial charge on any atom is -0.305 e. The van der Waals surface area contributed by atoms with Gasteiger partial charge in [0.25, 0.3) is 11.1 Å². The smallest absolute Gasteiger partial charge is 0.305 e. The van der Waals surface area contributed by atoms with Gasteiger partial charge in [-0.15, -0.1) is 0 Å². The molecule has 0 spiro atoms. The first-order valence-electron chi connectivity index (χ1n) is 8.40. The van der Waals surface area contributed by atoms with E-state index in [1.807, 2.05) is 30.3 Å². The molecule has 0 aliphatic carbocycles. The number of aromatic nitrogens is 2. The zero-order valence-electron chi connectivity index (χ0n) is 15.2. The van der Waals surface area contributed by atoms with Crippen LogP contribution in [0.3, 0.4) is 0 Å². The van der Waals surface area contributed by atoms with Crippen LogP contribution in [0.25, 0.3) is 12.2 Å². The molecule has 0 radical (unpaired) electrons. The first kappa shape index (κ1) is 19.4. The van der Waals surface area contributed by atoms with Crippen LogP contribution >= 0.6 is 0 Å². The molecule has 0 N–H and O–H groups in total. The first-order chi connectivity index (χ1) is 13.2. The van der Waals surface area contributed by atoms with E-state index in [1.54, 1.807) is 6.08 Å². The van der Waals surface area contributed by atoms with Crippen LogP contribution in [0.4, 0.5) is 13.2 Å². The van der Waals surface area contributed by atoms with Crippen molar-refractivity contribution in [2.45, 2.75) is 6.18 Å². The summed E-state index contributed by atoms with van der Waals surface area (Å²) >= 11 is 0. The summed E-state index contributed by atoms with van der Waals surface area (Å²) in [4.78, 5) is 25.5. The van der Waals surface area contributed by atoms with E-state index < -0.39 is 17.3 Å². The van der Waals surface area contributed by atoms with Crippen LogP contribution in [0.15, 0.2) is 64.2 Å². The number of rotatable bonds is 2. The molecule has 0 saturated carbocycles. The maximum atomic E-state index is 12.8. The standard InChI is InChI=1S/C21H17F3N2O2/c1-25-17(12-14-6-4-3-5-7-14)19(27)26(2)18(20(25)28)13-15-8-10-16(11-9-15)21(22,23)24/h3-13H,1-2H3/b17-12-,18-13-. The molecule has 28 heavy (non-hydrogen) atoms. The molecule has 144 valence electrons. The lowest BCUT2D eigenvalue weighted by atomic mass is 10.1. The summed E-state index contributed by atoms with van der Waals surface area (Å²) in [7, 11) is 2.95. The average Bonchev–Trinajstić information content (AvgIpc) is 2.67. The van der Waals surface area contributed by atoms with Crippen molar-refractivity contribution in [2.75, 3.05) is 0 Å². The molecule has 0 saturated heterocycles. The molecule has 0 fully saturated rings. The second-order valence-electron chi connectivity index (χ2n) is 6.32. The van der Waals surface area contributed by atoms with Crippen LogP contribution in [-0.2, 0) is 20.3 Å². The topological polar surface area (TPSA) is 44.0 Å². The van der Waals surface area contributed by atoms with E-state index in [-0.39, 0.29) is 16.3 Å². The van der Waals surface area contributed by atoms with Gasteiger partial charge in [0.2, 0.25) is 0 Å². The lowest BCUT2D eigenvalue weighted by Crippen LogP contribution is -2.56. The molecule has 0 unspecified atom stereocenters. The second kappa shape index (κ2) is 7.34. The summed E-state index contributed by atoms with van der Waals surface area (Å²) in [6.07, 6.45) is -1.42. The van der Waals surface area contributed by atoms with E-state index in [9.17, 15) is 22.8 Å². The quantitative estimate of drug-likeness (QED) is 0.674. The minimum atomic E-state index is -4.43. The highest BCUT2D eigenvalue weighted by atomic mass is 19.4. The summed E-state index contributed by atoms with van der Waals surface area (Å²) in [6, 6.07) is 13.5. The van der Waals surface area contributed by atoms with E-state index >= 15 is 0 Å². The number of hydrogen-bond acceptors (Lipinski definition) is 2. The Morgan fingerprint density at radius 3 is 1.57 bits per heavy atom. The van der Waals surface area contributed by atoms with Crippen molar-refractivity contribution in [3.8, 4) is 0 Å². The molecule has 4 nitrogen and oxygen atoms in total. The van der Waals surface area contributed by atoms with Crippen molar-refractivity contribution in [3.05, 3.63) is 103 Å². The molecule has 2 aromatic carbocycles. The molecular formula is C21H17F3N2O2. The summed E-state index contributed by atoms with van der Waals surface area (Å²) in [6.45, 7) is 0. The highest BCUT2D eigenvalue weighted by molar-refractivity contribution is 5.50. The first-order valence-corrected chi connectivity index (χ1v) is 8.40. The van der Waals surface area contributed by atoms with Crippen molar-refractivity contribution >= 4 is 12.2 Å². The average molecular weight is 386 g/mol. The molecule has 3 rings (SSSR count). The third-order valence-electron chi connectivity index (χ3n) is 4.41. The van der Waals surface area contributed by atoms with E-state index in [4.69, 9.17) is 0 Å². The third kappa shape index (κ3) is 3.83. The fourth-order valence-corrected chi connectivity index (χ4v) is 2.80. The lowest BCUT2D eigenvalue weighted by molar-refractivity contribution is -0.137. The van der Waals surface area contributed by atoms with E-state index in [2.05, 4.69) is 0 Å². The van der Waals surface area contributed by atoms with E-state index in [0.717, 1.165) is 17.7 Å². The van der Waals surface area contributed by atoms with Gasteiger partial charge in [-0.3, -0.25) is 9.59 Å². The molecular weight excluding hydrogens is 369 g/mol. The van der Waals surface area contributed by atoms with Gasteiger partial charge in [0.15, 0.2) is 0 Å². The van der Waals surface area contributed by atoms with Crippen LogP contribution in [0, 0.1) is 0 Å². The Hall–Kier alpha value is -3.35. The molecule has 7 heteroatoms. The van der Waals surface area contributed by atoms with E-state index in [1.165, 1.54) is 41.4 Å². The van der Waals surface area contributed by atoms with Gasteiger partial charge in [0.1, 0.15) is 10.7 Å². The second-order valence-corrected chi connectivity index (χ2v) is 6.32. The summed E-state index contributed by atoms with van der Waals surface area (Å²) in [5, 5.41) is 0.292. The van der Waals surface area contributed by atoms with Crippen molar-refractivity contribution < 1.29 is 13.2 Å². The van der Waals surface area contributed by atoms with Gasteiger partial charge in [-0.25, -0.2) is 0 Å². The molecule has 0 bridgehead atoms. The number of alkyl halides is 3. The highest BCUT2D eigenvalue weighted by Crippen LogP contribution is 2.29. The lowest BCUT2D eigenvalue weighted by Gasteiger charge is -2.07. The van der Waals surface area contributed by atoms with Gasteiger partial charge >= 0.3 is 6.18 Å². The molecule has 0 amide bonds. The summed E-state index contributed by atoms with van der Waals surface area (Å²) < 4.78 is 40.5. The van der Waals surface area contributed by atoms with Crippen molar-refractivity contribution in [1.29, 1.82) is 0 Å². The predicted molar refractivity (Wildman–Crippen MR) is 101 cm³/mol. The van der Waals surface area contributed by atoms with Gasteiger partial charge in [0.05, 0.1) is 5.56 Å². The van der Waals surface area contributed by atoms with Crippen LogP contribution in [-0.4, -0.2) is 9.13 Å². The number of hydrogen-bond donors (Lipinski definition) is 0. The maximum absolute atomic E-state index is 12.8. The zero-order valence-corrected chi connectivity index (χ0v) is 15.2. The highest BCUT2D eigenvalue weighted by Gasteiger charge is 2.29. The number of halogens is 3. The van der Waals surface area contributed by atoms with E-state index in [0.29, 0.717) is 5.56 Å². The van der Waals surface area contributed by atoms with Gasteiger partial charge in [-0.2, -0.15) is 13.2 Å². The Balaban J connectivity index is 2.19. The predicted octanol–water partition coefficient (Wildman–Crippen LogP) is 1.76. The van der Waals surface area contributed by atoms with Crippen LogP contribution in [0.1, 0.15) is 16.7 Å². The Morgan fingerprint density at radius 2 is 1.14 bits per heavy atom. The summed E-state index contributed by atoms with van der Waals surface area (Å²) in [5.41, 5.74) is -0.429. The molecule has 0 aliphatic rings. The molecule has 1 aromatic heterocycles. The number of benzene rings is 2. The van der Waals surface area contributed by atoms with Crippen LogP contribution in [0.5, 0.6) is 0 Å². The Kier molecular flexibility index (Phi) is 5.09. The Morgan fingerprint density at radius 1 is 0.714 bits per heavy atom. The molecule has 0 aliphatic heterocycles. The van der Waals surface area contributed by atoms with Crippen molar-refractivity contribution in [3.63, 3.8) is 0 Å². The van der Waals surface area contributed by atoms with Gasteiger partial charge in [-0.1, -0.05) is 42.5 Å². The van der Waals surface area contributed by atoms with Crippen LogP contribution in [0.2, 0.25) is 0 Å². The normalized spacial score (nSPS) is 13.2. The summed E-state index contributed by atoms with van der Waals surface area (Å²) in [5.74, 6) is 0. The van der Waals surface area contributed by atoms with Gasteiger partial charge < -0.3 is 9.13 Å². The maximum Gasteiger partial charge on any atom is 0.416 e. The monoisotopic (exact) mass is 386 g/mol.